The Hall–Kier alpha value is -3.85. The quantitative estimate of drug-likeness (QED) is 0.436. The first kappa shape index (κ1) is 33.5. The molecule has 3 fully saturated rings. The van der Waals surface area contributed by atoms with Gasteiger partial charge >= 0.3 is 6.09 Å². The monoisotopic (exact) mass is 637 g/mol. The van der Waals surface area contributed by atoms with Gasteiger partial charge in [-0.3, -0.25) is 14.4 Å². The number of likely N-dealkylation sites (tertiary alicyclic amines) is 1. The van der Waals surface area contributed by atoms with E-state index in [-0.39, 0.29) is 49.9 Å². The molecule has 12 heteroatoms. The van der Waals surface area contributed by atoms with E-state index in [9.17, 15) is 29.5 Å². The highest BCUT2D eigenvalue weighted by Gasteiger charge is 2.46. The average molecular weight is 638 g/mol. The van der Waals surface area contributed by atoms with Gasteiger partial charge in [0.15, 0.2) is 5.60 Å². The van der Waals surface area contributed by atoms with Crippen LogP contribution in [0.3, 0.4) is 0 Å². The summed E-state index contributed by atoms with van der Waals surface area (Å²) in [5.41, 5.74) is -1.64. The number of amides is 4. The van der Waals surface area contributed by atoms with Gasteiger partial charge in [-0.05, 0) is 104 Å². The summed E-state index contributed by atoms with van der Waals surface area (Å²) in [6, 6.07) is 7.59. The minimum absolute atomic E-state index is 0.0578. The maximum Gasteiger partial charge on any atom is 0.410 e. The van der Waals surface area contributed by atoms with Crippen molar-refractivity contribution in [1.29, 1.82) is 5.26 Å². The third kappa shape index (κ3) is 7.09. The van der Waals surface area contributed by atoms with E-state index in [0.717, 1.165) is 25.7 Å². The number of nitrogens with zero attached hydrogens (tertiary/aromatic N) is 4. The largest absolute Gasteiger partial charge is 0.476 e. The molecule has 250 valence electrons. The van der Waals surface area contributed by atoms with Gasteiger partial charge < -0.3 is 34.6 Å². The SMILES string of the molecule is CC(C)(C)OC(=O)N1CC(C(=O)NC2(C#N)CCCC2)CC(C(=O)N(c2ccc3c(c2)N(CCCO)C(=O)C(C)(C)O3)C2CC2)C1. The zero-order valence-electron chi connectivity index (χ0n) is 27.6. The van der Waals surface area contributed by atoms with Crippen LogP contribution in [-0.2, 0) is 19.1 Å². The van der Waals surface area contributed by atoms with Crippen LogP contribution in [0, 0.1) is 23.2 Å². The molecule has 0 aromatic heterocycles. The molecular weight excluding hydrogens is 590 g/mol. The highest BCUT2D eigenvalue weighted by atomic mass is 16.6. The molecule has 1 aromatic carbocycles. The van der Waals surface area contributed by atoms with E-state index >= 15 is 0 Å². The number of nitrogens with one attached hydrogen (secondary N) is 1. The summed E-state index contributed by atoms with van der Waals surface area (Å²) in [6.45, 7) is 9.10. The molecule has 0 spiro atoms. The number of nitriles is 1. The summed E-state index contributed by atoms with van der Waals surface area (Å²) in [6.07, 6.45) is 4.47. The van der Waals surface area contributed by atoms with Crippen molar-refractivity contribution in [2.45, 2.75) is 109 Å². The molecule has 5 rings (SSSR count). The van der Waals surface area contributed by atoms with E-state index in [4.69, 9.17) is 9.47 Å². The van der Waals surface area contributed by atoms with Crippen molar-refractivity contribution in [1.82, 2.24) is 10.2 Å². The number of carbonyl (C=O) groups excluding carboxylic acids is 4. The van der Waals surface area contributed by atoms with Gasteiger partial charge in [-0.2, -0.15) is 5.26 Å². The van der Waals surface area contributed by atoms with E-state index in [0.29, 0.717) is 42.9 Å². The predicted octanol–water partition coefficient (Wildman–Crippen LogP) is 3.89. The number of rotatable bonds is 8. The molecule has 0 radical (unpaired) electrons. The number of aliphatic hydroxyl groups is 1. The first-order valence-corrected chi connectivity index (χ1v) is 16.5. The van der Waals surface area contributed by atoms with Crippen LogP contribution in [0.15, 0.2) is 18.2 Å². The van der Waals surface area contributed by atoms with E-state index in [2.05, 4.69) is 11.4 Å². The summed E-state index contributed by atoms with van der Waals surface area (Å²) in [5.74, 6) is -1.67. The second kappa shape index (κ2) is 12.7. The molecule has 4 amide bonds. The van der Waals surface area contributed by atoms with Crippen molar-refractivity contribution in [2.24, 2.45) is 11.8 Å². The third-order valence-electron chi connectivity index (χ3n) is 9.18. The van der Waals surface area contributed by atoms with Crippen molar-refractivity contribution in [2.75, 3.05) is 36.0 Å². The fraction of sp³-hybridized carbons (Fsp3) is 0.676. The minimum Gasteiger partial charge on any atom is -0.476 e. The van der Waals surface area contributed by atoms with Crippen LogP contribution in [-0.4, -0.2) is 82.8 Å². The number of aliphatic hydroxyl groups excluding tert-OH is 1. The van der Waals surface area contributed by atoms with Crippen molar-refractivity contribution in [3.05, 3.63) is 18.2 Å². The van der Waals surface area contributed by atoms with E-state index in [1.807, 2.05) is 0 Å². The Morgan fingerprint density at radius 3 is 2.43 bits per heavy atom. The lowest BCUT2D eigenvalue weighted by Gasteiger charge is -2.41. The van der Waals surface area contributed by atoms with Gasteiger partial charge in [-0.25, -0.2) is 4.79 Å². The Morgan fingerprint density at radius 1 is 1.15 bits per heavy atom. The molecule has 2 N–H and O–H groups in total. The van der Waals surface area contributed by atoms with Crippen LogP contribution in [0.25, 0.3) is 0 Å². The standard InChI is InChI=1S/C34H47N5O7/c1-32(2,3)46-31(44)37-19-22(28(41)36-34(21-35)13-6-7-14-34)17-23(20-37)29(42)39(24-9-10-24)25-11-12-27-26(18-25)38(15-8-16-40)30(43)33(4,5)45-27/h11-12,18,22-24,40H,6-10,13-17,19-20H2,1-5H3,(H,36,41). The Kier molecular flexibility index (Phi) is 9.28. The molecule has 0 bridgehead atoms. The molecular formula is C34H47N5O7. The summed E-state index contributed by atoms with van der Waals surface area (Å²) < 4.78 is 11.7. The lowest BCUT2D eigenvalue weighted by Crippen LogP contribution is -2.56. The molecule has 2 unspecified atom stereocenters. The van der Waals surface area contributed by atoms with Gasteiger partial charge in [0.05, 0.1) is 23.6 Å². The van der Waals surface area contributed by atoms with Crippen molar-refractivity contribution in [3.8, 4) is 11.8 Å². The predicted molar refractivity (Wildman–Crippen MR) is 170 cm³/mol. The van der Waals surface area contributed by atoms with Crippen LogP contribution in [0.2, 0.25) is 0 Å². The van der Waals surface area contributed by atoms with Crippen LogP contribution < -0.4 is 19.9 Å². The van der Waals surface area contributed by atoms with Gasteiger partial charge in [0.2, 0.25) is 11.8 Å². The minimum atomic E-state index is -1.08. The number of benzene rings is 1. The molecule has 2 aliphatic heterocycles. The Bertz CT molecular complexity index is 1400. The van der Waals surface area contributed by atoms with E-state index in [1.54, 1.807) is 62.6 Å². The third-order valence-corrected chi connectivity index (χ3v) is 9.18. The van der Waals surface area contributed by atoms with Gasteiger partial charge in [-0.1, -0.05) is 0 Å². The number of anilines is 2. The molecule has 1 aromatic rings. The second-order valence-corrected chi connectivity index (χ2v) is 14.6. The topological polar surface area (TPSA) is 153 Å². The lowest BCUT2D eigenvalue weighted by molar-refractivity contribution is -0.133. The molecule has 2 heterocycles. The van der Waals surface area contributed by atoms with Crippen LogP contribution in [0.1, 0.15) is 86.0 Å². The number of ether oxygens (including phenoxy) is 2. The number of fused-ring (bicyclic) bond motifs is 1. The fourth-order valence-corrected chi connectivity index (χ4v) is 6.73. The van der Waals surface area contributed by atoms with Crippen molar-refractivity contribution >= 4 is 35.2 Å². The summed E-state index contributed by atoms with van der Waals surface area (Å²) in [7, 11) is 0. The molecule has 4 aliphatic rings. The maximum atomic E-state index is 14.5. The summed E-state index contributed by atoms with van der Waals surface area (Å²) in [4.78, 5) is 59.5. The van der Waals surface area contributed by atoms with Crippen LogP contribution in [0.4, 0.5) is 16.2 Å². The normalized spacial score (nSPS) is 23.5. The second-order valence-electron chi connectivity index (χ2n) is 14.6. The average Bonchev–Trinajstić information content (AvgIpc) is 3.72. The van der Waals surface area contributed by atoms with Gasteiger partial charge in [-0.15, -0.1) is 0 Å². The van der Waals surface area contributed by atoms with Crippen molar-refractivity contribution < 1.29 is 33.8 Å². The Labute approximate surface area is 271 Å². The van der Waals surface area contributed by atoms with Gasteiger partial charge in [0.1, 0.15) is 16.9 Å². The maximum absolute atomic E-state index is 14.5. The number of piperidine rings is 1. The van der Waals surface area contributed by atoms with Crippen LogP contribution in [0.5, 0.6) is 5.75 Å². The van der Waals surface area contributed by atoms with Crippen molar-refractivity contribution in [3.63, 3.8) is 0 Å². The molecule has 46 heavy (non-hydrogen) atoms. The number of carbonyl (C=O) groups is 4. The molecule has 2 saturated carbocycles. The number of hydrogen-bond donors (Lipinski definition) is 2. The summed E-state index contributed by atoms with van der Waals surface area (Å²) >= 11 is 0. The lowest BCUT2D eigenvalue weighted by atomic mass is 9.86. The zero-order chi connectivity index (χ0) is 33.4. The fourth-order valence-electron chi connectivity index (χ4n) is 6.73. The van der Waals surface area contributed by atoms with Gasteiger partial charge in [0.25, 0.3) is 5.91 Å². The smallest absolute Gasteiger partial charge is 0.410 e. The van der Waals surface area contributed by atoms with Gasteiger partial charge in [0, 0.05) is 38.0 Å². The highest BCUT2D eigenvalue weighted by molar-refractivity contribution is 6.04. The Morgan fingerprint density at radius 2 is 1.83 bits per heavy atom. The molecule has 2 atom stereocenters. The zero-order valence-corrected chi connectivity index (χ0v) is 27.6. The summed E-state index contributed by atoms with van der Waals surface area (Å²) in [5, 5.41) is 22.3. The van der Waals surface area contributed by atoms with E-state index in [1.165, 1.54) is 4.90 Å². The first-order valence-electron chi connectivity index (χ1n) is 16.5. The Balaban J connectivity index is 1.44. The molecule has 2 aliphatic carbocycles. The highest BCUT2D eigenvalue weighted by Crippen LogP contribution is 2.43. The molecule has 1 saturated heterocycles. The van der Waals surface area contributed by atoms with E-state index < -0.39 is 34.7 Å². The number of hydrogen-bond acceptors (Lipinski definition) is 8. The molecule has 12 nitrogen and oxygen atoms in total. The first-order chi connectivity index (χ1) is 21.7. The van der Waals surface area contributed by atoms with Crippen LogP contribution >= 0.6 is 0 Å².